The van der Waals surface area contributed by atoms with Crippen LogP contribution in [0.2, 0.25) is 0 Å². The third-order valence-electron chi connectivity index (χ3n) is 5.11. The third kappa shape index (κ3) is 5.61. The van der Waals surface area contributed by atoms with Crippen LogP contribution in [0, 0.1) is 0 Å². The Bertz CT molecular complexity index is 784. The molecule has 0 aliphatic carbocycles. The second-order valence-electron chi connectivity index (χ2n) is 7.89. The molecule has 28 heavy (non-hydrogen) atoms. The number of nitrogens with one attached hydrogen (secondary N) is 1. The number of nitrogens with zero attached hydrogens (tertiary/aromatic N) is 2. The van der Waals surface area contributed by atoms with Crippen molar-refractivity contribution in [3.8, 4) is 0 Å². The normalized spacial score (nSPS) is 10.9. The summed E-state index contributed by atoms with van der Waals surface area (Å²) in [5, 5.41) is 0. The Morgan fingerprint density at radius 2 is 0.857 bits per heavy atom. The molecular formula is C25H32N3+. The molecule has 0 bridgehead atoms. The molecule has 0 unspecified atom stereocenters. The summed E-state index contributed by atoms with van der Waals surface area (Å²) in [5.41, 5.74) is 6.62. The zero-order valence-electron chi connectivity index (χ0n) is 17.5. The molecule has 3 heteroatoms. The largest absolute Gasteiger partial charge is 0.378 e. The lowest BCUT2D eigenvalue weighted by Gasteiger charge is -2.21. The van der Waals surface area contributed by atoms with Crippen molar-refractivity contribution in [2.24, 2.45) is 0 Å². The van der Waals surface area contributed by atoms with Crippen molar-refractivity contribution in [1.29, 1.82) is 0 Å². The van der Waals surface area contributed by atoms with Crippen molar-refractivity contribution >= 4 is 11.4 Å². The van der Waals surface area contributed by atoms with Crippen molar-refractivity contribution < 1.29 is 4.90 Å². The van der Waals surface area contributed by atoms with Gasteiger partial charge in [-0.05, 0) is 24.3 Å². The van der Waals surface area contributed by atoms with Crippen LogP contribution in [0.5, 0.6) is 0 Å². The summed E-state index contributed by atoms with van der Waals surface area (Å²) in [5.74, 6) is 0. The highest BCUT2D eigenvalue weighted by molar-refractivity contribution is 5.46. The van der Waals surface area contributed by atoms with E-state index in [1.165, 1.54) is 28.1 Å². The monoisotopic (exact) mass is 374 g/mol. The maximum absolute atomic E-state index is 2.26. The van der Waals surface area contributed by atoms with Crippen LogP contribution in [0.3, 0.4) is 0 Å². The van der Waals surface area contributed by atoms with Crippen LogP contribution >= 0.6 is 0 Å². The van der Waals surface area contributed by atoms with Gasteiger partial charge in [0.2, 0.25) is 0 Å². The summed E-state index contributed by atoms with van der Waals surface area (Å²) in [6.07, 6.45) is 0. The molecule has 3 aromatic rings. The summed E-state index contributed by atoms with van der Waals surface area (Å²) >= 11 is 0. The van der Waals surface area contributed by atoms with Crippen LogP contribution in [0.15, 0.2) is 78.9 Å². The first-order chi connectivity index (χ1) is 13.5. The van der Waals surface area contributed by atoms with E-state index in [0.717, 1.165) is 19.6 Å². The highest BCUT2D eigenvalue weighted by Gasteiger charge is 2.12. The minimum atomic E-state index is 1.01. The van der Waals surface area contributed by atoms with Crippen LogP contribution in [0.1, 0.15) is 16.7 Å². The topological polar surface area (TPSA) is 10.9 Å². The van der Waals surface area contributed by atoms with E-state index in [-0.39, 0.29) is 0 Å². The summed E-state index contributed by atoms with van der Waals surface area (Å²) in [4.78, 5) is 5.83. The Labute approximate surface area is 169 Å². The molecule has 3 nitrogen and oxygen atoms in total. The molecule has 0 aliphatic heterocycles. The van der Waals surface area contributed by atoms with E-state index in [0.29, 0.717) is 0 Å². The Hall–Kier alpha value is -2.78. The zero-order valence-corrected chi connectivity index (χ0v) is 17.5. The molecule has 1 N–H and O–H groups in total. The summed E-state index contributed by atoms with van der Waals surface area (Å²) in [7, 11) is 8.33. The number of hydrogen-bond acceptors (Lipinski definition) is 2. The molecule has 0 radical (unpaired) electrons. The number of hydrogen-bond donors (Lipinski definition) is 1. The maximum atomic E-state index is 2.26. The molecule has 3 aromatic carbocycles. The van der Waals surface area contributed by atoms with Crippen LogP contribution in [-0.2, 0) is 19.6 Å². The molecule has 0 saturated heterocycles. The number of benzene rings is 3. The smallest absolute Gasteiger partial charge is 0.103 e. The van der Waals surface area contributed by atoms with E-state index < -0.39 is 0 Å². The highest BCUT2D eigenvalue weighted by atomic mass is 15.1. The van der Waals surface area contributed by atoms with Crippen LogP contribution in [0.25, 0.3) is 0 Å². The highest BCUT2D eigenvalue weighted by Crippen LogP contribution is 2.13. The molecule has 0 amide bonds. The predicted molar refractivity (Wildman–Crippen MR) is 120 cm³/mol. The summed E-state index contributed by atoms with van der Waals surface area (Å²) in [6, 6.07) is 28.7. The van der Waals surface area contributed by atoms with Gasteiger partial charge in [0.15, 0.2) is 0 Å². The van der Waals surface area contributed by atoms with Crippen molar-refractivity contribution in [2.75, 3.05) is 38.0 Å². The molecule has 0 aromatic heterocycles. The fourth-order valence-electron chi connectivity index (χ4n) is 3.47. The van der Waals surface area contributed by atoms with E-state index >= 15 is 0 Å². The van der Waals surface area contributed by atoms with Gasteiger partial charge in [-0.1, -0.05) is 54.6 Å². The molecule has 0 fully saturated rings. The summed E-state index contributed by atoms with van der Waals surface area (Å²) < 4.78 is 0. The van der Waals surface area contributed by atoms with Gasteiger partial charge in [-0.15, -0.1) is 0 Å². The molecule has 0 spiro atoms. The zero-order chi connectivity index (χ0) is 19.9. The van der Waals surface area contributed by atoms with Crippen molar-refractivity contribution in [3.63, 3.8) is 0 Å². The van der Waals surface area contributed by atoms with Crippen LogP contribution in [-0.4, -0.2) is 28.2 Å². The lowest BCUT2D eigenvalue weighted by Crippen LogP contribution is -3.08. The molecule has 0 saturated carbocycles. The van der Waals surface area contributed by atoms with Gasteiger partial charge in [0.25, 0.3) is 0 Å². The Morgan fingerprint density at radius 1 is 0.500 bits per heavy atom. The predicted octanol–water partition coefficient (Wildman–Crippen LogP) is 3.60. The number of quaternary nitrogens is 1. The average molecular weight is 375 g/mol. The molecule has 0 aliphatic rings. The molecule has 146 valence electrons. The van der Waals surface area contributed by atoms with Gasteiger partial charge in [0.1, 0.15) is 19.6 Å². The molecule has 0 heterocycles. The van der Waals surface area contributed by atoms with Gasteiger partial charge in [0, 0.05) is 56.3 Å². The second kappa shape index (κ2) is 9.43. The quantitative estimate of drug-likeness (QED) is 0.646. The van der Waals surface area contributed by atoms with Crippen LogP contribution < -0.4 is 14.7 Å². The van der Waals surface area contributed by atoms with E-state index in [4.69, 9.17) is 0 Å². The second-order valence-corrected chi connectivity index (χ2v) is 7.89. The van der Waals surface area contributed by atoms with Gasteiger partial charge in [-0.25, -0.2) is 0 Å². The van der Waals surface area contributed by atoms with Crippen molar-refractivity contribution in [1.82, 2.24) is 0 Å². The van der Waals surface area contributed by atoms with E-state index in [9.17, 15) is 0 Å². The van der Waals surface area contributed by atoms with Gasteiger partial charge in [-0.3, -0.25) is 0 Å². The van der Waals surface area contributed by atoms with Crippen molar-refractivity contribution in [3.05, 3.63) is 95.6 Å². The Morgan fingerprint density at radius 3 is 1.21 bits per heavy atom. The maximum Gasteiger partial charge on any atom is 0.103 e. The lowest BCUT2D eigenvalue weighted by molar-refractivity contribution is -0.941. The SMILES string of the molecule is CN(C)c1ccc(C[NH+](Cc2ccccc2)Cc2ccc(N(C)C)cc2)cc1. The first-order valence-electron chi connectivity index (χ1n) is 9.91. The molecular weight excluding hydrogens is 342 g/mol. The van der Waals surface area contributed by atoms with E-state index in [1.807, 2.05) is 0 Å². The standard InChI is InChI=1S/C25H31N3/c1-26(2)24-14-10-22(11-15-24)19-28(18-21-8-6-5-7-9-21)20-23-12-16-25(17-13-23)27(3)4/h5-17H,18-20H2,1-4H3/p+1. The van der Waals surface area contributed by atoms with Crippen molar-refractivity contribution in [2.45, 2.75) is 19.6 Å². The Kier molecular flexibility index (Phi) is 6.72. The summed E-state index contributed by atoms with van der Waals surface area (Å²) in [6.45, 7) is 3.04. The number of rotatable bonds is 8. The molecule has 0 atom stereocenters. The third-order valence-corrected chi connectivity index (χ3v) is 5.11. The Balaban J connectivity index is 1.76. The molecule has 3 rings (SSSR count). The van der Waals surface area contributed by atoms with Gasteiger partial charge < -0.3 is 14.7 Å². The fraction of sp³-hybridized carbons (Fsp3) is 0.280. The minimum absolute atomic E-state index is 1.01. The van der Waals surface area contributed by atoms with Crippen LogP contribution in [0.4, 0.5) is 11.4 Å². The van der Waals surface area contributed by atoms with Gasteiger partial charge in [-0.2, -0.15) is 0 Å². The van der Waals surface area contributed by atoms with E-state index in [2.05, 4.69) is 117 Å². The number of anilines is 2. The minimum Gasteiger partial charge on any atom is -0.378 e. The van der Waals surface area contributed by atoms with Gasteiger partial charge in [0.05, 0.1) is 0 Å². The van der Waals surface area contributed by atoms with Gasteiger partial charge >= 0.3 is 0 Å². The first kappa shape index (κ1) is 20.0. The fourth-order valence-corrected chi connectivity index (χ4v) is 3.47. The first-order valence-corrected chi connectivity index (χ1v) is 9.91. The average Bonchev–Trinajstić information content (AvgIpc) is 2.69. The lowest BCUT2D eigenvalue weighted by atomic mass is 10.1. The van der Waals surface area contributed by atoms with E-state index in [1.54, 1.807) is 4.90 Å².